The van der Waals surface area contributed by atoms with Crippen molar-refractivity contribution in [1.82, 2.24) is 5.32 Å². The molecule has 112 valence electrons. The summed E-state index contributed by atoms with van der Waals surface area (Å²) in [6.45, 7) is 3.11. The number of rotatable bonds is 6. The molecule has 1 unspecified atom stereocenters. The van der Waals surface area contributed by atoms with E-state index in [9.17, 15) is 4.39 Å². The van der Waals surface area contributed by atoms with Crippen LogP contribution in [0.1, 0.15) is 30.5 Å². The van der Waals surface area contributed by atoms with Crippen LogP contribution in [-0.4, -0.2) is 6.54 Å². The Morgan fingerprint density at radius 2 is 1.95 bits per heavy atom. The maximum atomic E-state index is 13.3. The number of hydrogen-bond donors (Lipinski definition) is 1. The third-order valence-corrected chi connectivity index (χ3v) is 4.42. The molecule has 0 aliphatic carbocycles. The lowest BCUT2D eigenvalue weighted by molar-refractivity contribution is 0.528. The van der Waals surface area contributed by atoms with E-state index in [1.807, 2.05) is 24.3 Å². The van der Waals surface area contributed by atoms with E-state index in [1.165, 1.54) is 11.6 Å². The van der Waals surface area contributed by atoms with Crippen LogP contribution >= 0.6 is 31.9 Å². The van der Waals surface area contributed by atoms with Gasteiger partial charge >= 0.3 is 0 Å². The molecule has 1 atom stereocenters. The Balaban J connectivity index is 2.21. The third kappa shape index (κ3) is 4.90. The van der Waals surface area contributed by atoms with Crippen molar-refractivity contribution in [3.8, 4) is 0 Å². The average Bonchev–Trinajstić information content (AvgIpc) is 2.47. The van der Waals surface area contributed by atoms with Gasteiger partial charge in [-0.05, 0) is 70.7 Å². The molecule has 0 saturated heterocycles. The first-order valence-corrected chi connectivity index (χ1v) is 8.61. The normalized spacial score (nSPS) is 12.4. The number of nitrogens with one attached hydrogen (secondary N) is 1. The van der Waals surface area contributed by atoms with Crippen LogP contribution in [0.25, 0.3) is 0 Å². The van der Waals surface area contributed by atoms with Crippen LogP contribution < -0.4 is 5.32 Å². The second-order valence-corrected chi connectivity index (χ2v) is 6.78. The molecule has 0 bridgehead atoms. The van der Waals surface area contributed by atoms with Crippen LogP contribution in [0.15, 0.2) is 51.4 Å². The van der Waals surface area contributed by atoms with Gasteiger partial charge in [-0.15, -0.1) is 0 Å². The highest BCUT2D eigenvalue weighted by Gasteiger charge is 2.13. The minimum atomic E-state index is -0.223. The minimum absolute atomic E-state index is 0.222. The topological polar surface area (TPSA) is 12.0 Å². The van der Waals surface area contributed by atoms with Gasteiger partial charge in [-0.25, -0.2) is 4.39 Å². The smallest absolute Gasteiger partial charge is 0.137 e. The minimum Gasteiger partial charge on any atom is -0.310 e. The van der Waals surface area contributed by atoms with E-state index in [2.05, 4.69) is 56.2 Å². The van der Waals surface area contributed by atoms with E-state index < -0.39 is 0 Å². The molecule has 0 radical (unpaired) electrons. The zero-order valence-corrected chi connectivity index (χ0v) is 15.0. The number of hydrogen-bond acceptors (Lipinski definition) is 1. The monoisotopic (exact) mass is 413 g/mol. The number of halogens is 3. The summed E-state index contributed by atoms with van der Waals surface area (Å²) >= 11 is 6.77. The van der Waals surface area contributed by atoms with Crippen molar-refractivity contribution >= 4 is 31.9 Å². The summed E-state index contributed by atoms with van der Waals surface area (Å²) in [7, 11) is 0. The molecule has 0 fully saturated rings. The lowest BCUT2D eigenvalue weighted by Crippen LogP contribution is -2.24. The first-order valence-electron chi connectivity index (χ1n) is 7.03. The molecule has 0 aliphatic rings. The fraction of sp³-hybridized carbons (Fsp3) is 0.294. The summed E-state index contributed by atoms with van der Waals surface area (Å²) in [6.07, 6.45) is 1.91. The Hall–Kier alpha value is -0.710. The highest BCUT2D eigenvalue weighted by Crippen LogP contribution is 2.24. The summed E-state index contributed by atoms with van der Waals surface area (Å²) in [5.41, 5.74) is 2.34. The summed E-state index contributed by atoms with van der Waals surface area (Å²) in [5.74, 6) is -0.223. The molecule has 0 saturated carbocycles. The Morgan fingerprint density at radius 3 is 2.62 bits per heavy atom. The zero-order chi connectivity index (χ0) is 15.2. The fourth-order valence-electron chi connectivity index (χ4n) is 2.25. The first kappa shape index (κ1) is 16.7. The molecule has 1 N–H and O–H groups in total. The summed E-state index contributed by atoms with van der Waals surface area (Å²) in [4.78, 5) is 0. The summed E-state index contributed by atoms with van der Waals surface area (Å²) in [6, 6.07) is 13.8. The van der Waals surface area contributed by atoms with Crippen LogP contribution in [0, 0.1) is 5.82 Å². The van der Waals surface area contributed by atoms with Gasteiger partial charge in [0.25, 0.3) is 0 Å². The predicted molar refractivity (Wildman–Crippen MR) is 93.0 cm³/mol. The van der Waals surface area contributed by atoms with Crippen LogP contribution in [0.3, 0.4) is 0 Å². The molecule has 2 aromatic rings. The summed E-state index contributed by atoms with van der Waals surface area (Å²) in [5, 5.41) is 3.57. The molecular formula is C17H18Br2FN. The Morgan fingerprint density at radius 1 is 1.14 bits per heavy atom. The van der Waals surface area contributed by atoms with Crippen molar-refractivity contribution in [1.29, 1.82) is 0 Å². The Bertz CT molecular complexity index is 601. The van der Waals surface area contributed by atoms with Gasteiger partial charge < -0.3 is 5.32 Å². The molecular weight excluding hydrogens is 397 g/mol. The van der Waals surface area contributed by atoms with E-state index in [0.717, 1.165) is 29.4 Å². The standard InChI is InChI=1S/C17H18Br2FN/c1-2-8-21-17(13-4-3-5-14(18)11-13)10-12-6-7-16(20)15(19)9-12/h3-7,9,11,17,21H,2,8,10H2,1H3. The highest BCUT2D eigenvalue weighted by molar-refractivity contribution is 9.10. The molecule has 0 spiro atoms. The molecule has 1 nitrogen and oxygen atoms in total. The van der Waals surface area contributed by atoms with Crippen LogP contribution in [0.2, 0.25) is 0 Å². The van der Waals surface area contributed by atoms with Crippen molar-refractivity contribution in [3.63, 3.8) is 0 Å². The van der Waals surface area contributed by atoms with Gasteiger partial charge in [0, 0.05) is 10.5 Å². The van der Waals surface area contributed by atoms with Crippen molar-refractivity contribution in [2.24, 2.45) is 0 Å². The van der Waals surface area contributed by atoms with Gasteiger partial charge in [0.2, 0.25) is 0 Å². The van der Waals surface area contributed by atoms with Crippen LogP contribution in [-0.2, 0) is 6.42 Å². The predicted octanol–water partition coefficient (Wildman–Crippen LogP) is 5.63. The van der Waals surface area contributed by atoms with E-state index in [-0.39, 0.29) is 11.9 Å². The maximum Gasteiger partial charge on any atom is 0.137 e. The van der Waals surface area contributed by atoms with E-state index in [4.69, 9.17) is 0 Å². The second kappa shape index (κ2) is 8.06. The third-order valence-electron chi connectivity index (χ3n) is 3.32. The van der Waals surface area contributed by atoms with Gasteiger partial charge in [0.1, 0.15) is 5.82 Å². The fourth-order valence-corrected chi connectivity index (χ4v) is 3.10. The van der Waals surface area contributed by atoms with Gasteiger partial charge in [0.15, 0.2) is 0 Å². The maximum absolute atomic E-state index is 13.3. The van der Waals surface area contributed by atoms with Crippen LogP contribution in [0.5, 0.6) is 0 Å². The molecule has 2 aromatic carbocycles. The SMILES string of the molecule is CCCNC(Cc1ccc(F)c(Br)c1)c1cccc(Br)c1. The van der Waals surface area contributed by atoms with Gasteiger partial charge in [-0.3, -0.25) is 0 Å². The molecule has 21 heavy (non-hydrogen) atoms. The quantitative estimate of drug-likeness (QED) is 0.645. The van der Waals surface area contributed by atoms with Crippen molar-refractivity contribution in [3.05, 3.63) is 68.4 Å². The van der Waals surface area contributed by atoms with E-state index >= 15 is 0 Å². The Labute approximate surface area is 142 Å². The number of benzene rings is 2. The summed E-state index contributed by atoms with van der Waals surface area (Å²) < 4.78 is 14.9. The zero-order valence-electron chi connectivity index (χ0n) is 11.9. The average molecular weight is 415 g/mol. The highest BCUT2D eigenvalue weighted by atomic mass is 79.9. The van der Waals surface area contributed by atoms with Crippen LogP contribution in [0.4, 0.5) is 4.39 Å². The largest absolute Gasteiger partial charge is 0.310 e. The lowest BCUT2D eigenvalue weighted by atomic mass is 9.98. The van der Waals surface area contributed by atoms with E-state index in [1.54, 1.807) is 0 Å². The lowest BCUT2D eigenvalue weighted by Gasteiger charge is -2.20. The van der Waals surface area contributed by atoms with E-state index in [0.29, 0.717) is 4.47 Å². The second-order valence-electron chi connectivity index (χ2n) is 5.01. The van der Waals surface area contributed by atoms with Crippen molar-refractivity contribution in [2.75, 3.05) is 6.54 Å². The molecule has 0 amide bonds. The van der Waals surface area contributed by atoms with Gasteiger partial charge in [-0.2, -0.15) is 0 Å². The van der Waals surface area contributed by atoms with Crippen molar-refractivity contribution < 1.29 is 4.39 Å². The molecule has 0 aliphatic heterocycles. The molecule has 2 rings (SSSR count). The first-order chi connectivity index (χ1) is 10.1. The Kier molecular flexibility index (Phi) is 6.40. The van der Waals surface area contributed by atoms with Gasteiger partial charge in [-0.1, -0.05) is 41.1 Å². The molecule has 0 heterocycles. The van der Waals surface area contributed by atoms with Gasteiger partial charge in [0.05, 0.1) is 4.47 Å². The molecule has 0 aromatic heterocycles. The molecule has 4 heteroatoms. The van der Waals surface area contributed by atoms with Crippen molar-refractivity contribution in [2.45, 2.75) is 25.8 Å².